The summed E-state index contributed by atoms with van der Waals surface area (Å²) in [4.78, 5) is 24.7. The largest absolute Gasteiger partial charge is 0.479 e. The van der Waals surface area contributed by atoms with Gasteiger partial charge >= 0.3 is 5.97 Å². The number of carbonyl (C=O) groups excluding carboxylic acids is 1. The van der Waals surface area contributed by atoms with Gasteiger partial charge in [0.2, 0.25) is 5.91 Å². The summed E-state index contributed by atoms with van der Waals surface area (Å²) in [5, 5.41) is 8.94. The molecule has 6 heteroatoms. The van der Waals surface area contributed by atoms with Crippen LogP contribution >= 0.6 is 0 Å². The summed E-state index contributed by atoms with van der Waals surface area (Å²) in [6.07, 6.45) is -0.0322. The van der Waals surface area contributed by atoms with E-state index in [1.54, 1.807) is 6.07 Å². The van der Waals surface area contributed by atoms with Crippen LogP contribution in [0.25, 0.3) is 0 Å². The first-order chi connectivity index (χ1) is 10.5. The van der Waals surface area contributed by atoms with Crippen LogP contribution in [0.5, 0.6) is 0 Å². The Morgan fingerprint density at radius 3 is 2.95 bits per heavy atom. The van der Waals surface area contributed by atoms with E-state index in [1.807, 2.05) is 13.0 Å². The van der Waals surface area contributed by atoms with E-state index in [1.165, 1.54) is 17.0 Å². The van der Waals surface area contributed by atoms with Crippen LogP contribution in [0, 0.1) is 11.7 Å². The van der Waals surface area contributed by atoms with E-state index in [4.69, 9.17) is 9.84 Å². The molecule has 120 valence electrons. The molecule has 22 heavy (non-hydrogen) atoms. The van der Waals surface area contributed by atoms with Gasteiger partial charge in [-0.2, -0.15) is 0 Å². The van der Waals surface area contributed by atoms with Crippen LogP contribution in [0.4, 0.5) is 4.39 Å². The molecule has 0 radical (unpaired) electrons. The highest BCUT2D eigenvalue weighted by Crippen LogP contribution is 2.16. The average Bonchev–Trinajstić information content (AvgIpc) is 2.47. The first-order valence-corrected chi connectivity index (χ1v) is 7.32. The van der Waals surface area contributed by atoms with Crippen LogP contribution in [-0.4, -0.2) is 47.7 Å². The lowest BCUT2D eigenvalue weighted by Gasteiger charge is -2.31. The lowest BCUT2D eigenvalue weighted by molar-refractivity contribution is -0.159. The fourth-order valence-corrected chi connectivity index (χ4v) is 2.59. The zero-order chi connectivity index (χ0) is 16.1. The van der Waals surface area contributed by atoms with Crippen LogP contribution in [0.15, 0.2) is 24.3 Å². The Morgan fingerprint density at radius 2 is 2.27 bits per heavy atom. The molecular weight excluding hydrogens is 289 g/mol. The Morgan fingerprint density at radius 1 is 1.50 bits per heavy atom. The lowest BCUT2D eigenvalue weighted by Crippen LogP contribution is -2.48. The molecule has 1 aliphatic rings. The van der Waals surface area contributed by atoms with Gasteiger partial charge < -0.3 is 14.7 Å². The molecule has 1 heterocycles. The minimum Gasteiger partial charge on any atom is -0.479 e. The number of ether oxygens (including phenoxy) is 1. The second kappa shape index (κ2) is 7.35. The Hall–Kier alpha value is -1.95. The minimum atomic E-state index is -1.05. The molecule has 1 saturated heterocycles. The SMILES string of the molecule is C[C@@H](CC(=O)N1CCO[C@@H](C(=O)O)C1)Cc1cccc(F)c1. The number of hydrogen-bond acceptors (Lipinski definition) is 3. The number of hydrogen-bond donors (Lipinski definition) is 1. The zero-order valence-corrected chi connectivity index (χ0v) is 12.5. The van der Waals surface area contributed by atoms with Crippen LogP contribution in [0.2, 0.25) is 0 Å². The number of amides is 1. The molecule has 0 saturated carbocycles. The molecule has 1 fully saturated rings. The fraction of sp³-hybridized carbons (Fsp3) is 0.500. The molecule has 2 rings (SSSR count). The van der Waals surface area contributed by atoms with Crippen LogP contribution in [0.3, 0.4) is 0 Å². The second-order valence-electron chi connectivity index (χ2n) is 5.68. The van der Waals surface area contributed by atoms with Gasteiger partial charge in [-0.3, -0.25) is 4.79 Å². The van der Waals surface area contributed by atoms with Gasteiger partial charge in [0.15, 0.2) is 6.10 Å². The van der Waals surface area contributed by atoms with E-state index in [0.29, 0.717) is 19.4 Å². The van der Waals surface area contributed by atoms with Gasteiger partial charge in [0.25, 0.3) is 0 Å². The Kier molecular flexibility index (Phi) is 5.49. The second-order valence-corrected chi connectivity index (χ2v) is 5.68. The van der Waals surface area contributed by atoms with Gasteiger partial charge in [0, 0.05) is 13.0 Å². The molecule has 1 N–H and O–H groups in total. The third-order valence-corrected chi connectivity index (χ3v) is 3.69. The molecule has 1 amide bonds. The fourth-order valence-electron chi connectivity index (χ4n) is 2.59. The highest BCUT2D eigenvalue weighted by Gasteiger charge is 2.29. The number of rotatable bonds is 5. The van der Waals surface area contributed by atoms with Crippen LogP contribution < -0.4 is 0 Å². The van der Waals surface area contributed by atoms with Crippen LogP contribution in [0.1, 0.15) is 18.9 Å². The zero-order valence-electron chi connectivity index (χ0n) is 12.5. The van der Waals surface area contributed by atoms with Crippen LogP contribution in [-0.2, 0) is 20.7 Å². The number of carboxylic acid groups (broad SMARTS) is 1. The maximum Gasteiger partial charge on any atom is 0.334 e. The Bertz CT molecular complexity index is 549. The van der Waals surface area contributed by atoms with Gasteiger partial charge in [0.1, 0.15) is 5.82 Å². The number of carbonyl (C=O) groups is 2. The van der Waals surface area contributed by atoms with E-state index in [2.05, 4.69) is 0 Å². The van der Waals surface area contributed by atoms with Crippen molar-refractivity contribution in [2.24, 2.45) is 5.92 Å². The molecule has 0 unspecified atom stereocenters. The van der Waals surface area contributed by atoms with Crippen molar-refractivity contribution in [1.29, 1.82) is 0 Å². The Balaban J connectivity index is 1.86. The van der Waals surface area contributed by atoms with E-state index in [0.717, 1.165) is 5.56 Å². The number of aliphatic carboxylic acids is 1. The quantitative estimate of drug-likeness (QED) is 0.899. The normalized spacial score (nSPS) is 19.7. The van der Waals surface area contributed by atoms with E-state index in [9.17, 15) is 14.0 Å². The number of benzene rings is 1. The third kappa shape index (κ3) is 4.53. The first-order valence-electron chi connectivity index (χ1n) is 7.32. The summed E-state index contributed by atoms with van der Waals surface area (Å²) in [5.41, 5.74) is 0.852. The molecule has 1 aliphatic heterocycles. The Labute approximate surface area is 128 Å². The summed E-state index contributed by atoms with van der Waals surface area (Å²) >= 11 is 0. The van der Waals surface area contributed by atoms with E-state index < -0.39 is 12.1 Å². The first kappa shape index (κ1) is 16.4. The van der Waals surface area contributed by atoms with Crippen molar-refractivity contribution in [3.05, 3.63) is 35.6 Å². The molecular formula is C16H20FNO4. The summed E-state index contributed by atoms with van der Waals surface area (Å²) in [5.74, 6) is -1.36. The summed E-state index contributed by atoms with van der Waals surface area (Å²) in [6, 6.07) is 6.34. The monoisotopic (exact) mass is 309 g/mol. The molecule has 1 aromatic rings. The summed E-state index contributed by atoms with van der Waals surface area (Å²) in [6.45, 7) is 2.66. The molecule has 2 atom stereocenters. The predicted molar refractivity (Wildman–Crippen MR) is 77.8 cm³/mol. The van der Waals surface area contributed by atoms with Gasteiger partial charge in [-0.1, -0.05) is 19.1 Å². The smallest absolute Gasteiger partial charge is 0.334 e. The van der Waals surface area contributed by atoms with Crippen molar-refractivity contribution in [3.63, 3.8) is 0 Å². The summed E-state index contributed by atoms with van der Waals surface area (Å²) < 4.78 is 18.2. The van der Waals surface area contributed by atoms with Crippen molar-refractivity contribution >= 4 is 11.9 Å². The van der Waals surface area contributed by atoms with Gasteiger partial charge in [-0.25, -0.2) is 9.18 Å². The van der Waals surface area contributed by atoms with Crippen molar-refractivity contribution in [1.82, 2.24) is 4.90 Å². The maximum atomic E-state index is 13.1. The average molecular weight is 309 g/mol. The standard InChI is InChI=1S/C16H20FNO4/c1-11(7-12-3-2-4-13(17)9-12)8-15(19)18-5-6-22-14(10-18)16(20)21/h2-4,9,11,14H,5-8,10H2,1H3,(H,20,21)/t11-,14-/m1/s1. The molecule has 0 aliphatic carbocycles. The third-order valence-electron chi connectivity index (χ3n) is 3.69. The molecule has 5 nitrogen and oxygen atoms in total. The molecule has 1 aromatic carbocycles. The van der Waals surface area contributed by atoms with Crippen molar-refractivity contribution in [3.8, 4) is 0 Å². The van der Waals surface area contributed by atoms with Gasteiger partial charge in [0.05, 0.1) is 13.2 Å². The van der Waals surface area contributed by atoms with Gasteiger partial charge in [-0.05, 0) is 30.0 Å². The van der Waals surface area contributed by atoms with Crippen molar-refractivity contribution in [2.45, 2.75) is 25.9 Å². The highest BCUT2D eigenvalue weighted by atomic mass is 19.1. The van der Waals surface area contributed by atoms with Crippen molar-refractivity contribution < 1.29 is 23.8 Å². The molecule has 0 bridgehead atoms. The van der Waals surface area contributed by atoms with E-state index in [-0.39, 0.29) is 30.8 Å². The van der Waals surface area contributed by atoms with Crippen molar-refractivity contribution in [2.75, 3.05) is 19.7 Å². The molecule has 0 spiro atoms. The number of nitrogens with zero attached hydrogens (tertiary/aromatic N) is 1. The number of halogens is 1. The number of morpholine rings is 1. The lowest BCUT2D eigenvalue weighted by atomic mass is 9.97. The number of carboxylic acids is 1. The maximum absolute atomic E-state index is 13.1. The van der Waals surface area contributed by atoms with Gasteiger partial charge in [-0.15, -0.1) is 0 Å². The highest BCUT2D eigenvalue weighted by molar-refractivity contribution is 5.78. The topological polar surface area (TPSA) is 66.8 Å². The minimum absolute atomic E-state index is 0.0559. The van der Waals surface area contributed by atoms with E-state index >= 15 is 0 Å². The molecule has 0 aromatic heterocycles. The predicted octanol–water partition coefficient (Wildman–Crippen LogP) is 1.71. The summed E-state index contributed by atoms with van der Waals surface area (Å²) in [7, 11) is 0.